The van der Waals surface area contributed by atoms with Gasteiger partial charge in [-0.15, -0.1) is 0 Å². The van der Waals surface area contributed by atoms with E-state index in [0.717, 1.165) is 10.3 Å². The normalized spacial score (nSPS) is 14.8. The van der Waals surface area contributed by atoms with Crippen LogP contribution in [-0.2, 0) is 9.53 Å². The predicted octanol–water partition coefficient (Wildman–Crippen LogP) is 0.849. The predicted molar refractivity (Wildman–Crippen MR) is 81.1 cm³/mol. The van der Waals surface area contributed by atoms with Crippen LogP contribution in [0.1, 0.15) is 0 Å². The number of anilines is 1. The second-order valence-electron chi connectivity index (χ2n) is 4.54. The highest BCUT2D eigenvalue weighted by atomic mass is 79.9. The van der Waals surface area contributed by atoms with E-state index in [1.165, 1.54) is 7.05 Å². The molecule has 1 fully saturated rings. The molecule has 0 aromatic carbocycles. The number of nitrogens with one attached hydrogen (secondary N) is 1. The van der Waals surface area contributed by atoms with Gasteiger partial charge in [-0.25, -0.2) is 9.78 Å². The number of hydrogen-bond acceptors (Lipinski definition) is 5. The molecule has 0 atom stereocenters. The first kappa shape index (κ1) is 15.6. The molecule has 1 aromatic heterocycles. The van der Waals surface area contributed by atoms with Crippen molar-refractivity contribution >= 4 is 33.7 Å². The monoisotopic (exact) mass is 356 g/mol. The summed E-state index contributed by atoms with van der Waals surface area (Å²) in [4.78, 5) is 30.9. The number of likely N-dealkylation sites (N-methyl/N-ethyl adjacent to an activating group) is 1. The van der Waals surface area contributed by atoms with E-state index in [4.69, 9.17) is 4.74 Å². The van der Waals surface area contributed by atoms with Gasteiger partial charge in [-0.05, 0) is 28.1 Å². The van der Waals surface area contributed by atoms with Crippen LogP contribution in [0.5, 0.6) is 0 Å². The third-order valence-electron chi connectivity index (χ3n) is 3.18. The van der Waals surface area contributed by atoms with E-state index in [-0.39, 0.29) is 12.5 Å². The van der Waals surface area contributed by atoms with Crippen LogP contribution in [0.15, 0.2) is 22.8 Å². The number of pyridine rings is 1. The molecule has 8 heteroatoms. The minimum atomic E-state index is -0.456. The number of carbonyl (C=O) groups is 2. The number of ether oxygens (including phenoxy) is 1. The molecule has 7 nitrogen and oxygen atoms in total. The average Bonchev–Trinajstić information content (AvgIpc) is 2.53. The lowest BCUT2D eigenvalue weighted by atomic mass is 10.3. The number of hydrogen-bond donors (Lipinski definition) is 1. The van der Waals surface area contributed by atoms with Crippen molar-refractivity contribution in [1.82, 2.24) is 15.2 Å². The lowest BCUT2D eigenvalue weighted by Gasteiger charge is -2.34. The Bertz CT molecular complexity index is 501. The maximum atomic E-state index is 11.8. The fourth-order valence-corrected chi connectivity index (χ4v) is 2.20. The third kappa shape index (κ3) is 4.32. The third-order valence-corrected chi connectivity index (χ3v) is 3.65. The van der Waals surface area contributed by atoms with Crippen LogP contribution in [0.2, 0.25) is 0 Å². The van der Waals surface area contributed by atoms with Gasteiger partial charge in [0, 0.05) is 43.9 Å². The lowest BCUT2D eigenvalue weighted by molar-refractivity contribution is -0.123. The Balaban J connectivity index is 1.81. The Morgan fingerprint density at radius 1 is 1.33 bits per heavy atom. The van der Waals surface area contributed by atoms with Crippen LogP contribution < -0.4 is 10.2 Å². The summed E-state index contributed by atoms with van der Waals surface area (Å²) in [6.45, 7) is 2.21. The van der Waals surface area contributed by atoms with Gasteiger partial charge >= 0.3 is 6.09 Å². The zero-order valence-electron chi connectivity index (χ0n) is 11.7. The lowest BCUT2D eigenvalue weighted by Crippen LogP contribution is -2.49. The topological polar surface area (TPSA) is 74.8 Å². The number of piperazine rings is 1. The van der Waals surface area contributed by atoms with E-state index >= 15 is 0 Å². The molecule has 1 aliphatic rings. The second-order valence-corrected chi connectivity index (χ2v) is 5.45. The average molecular weight is 357 g/mol. The van der Waals surface area contributed by atoms with Gasteiger partial charge in [-0.1, -0.05) is 0 Å². The summed E-state index contributed by atoms with van der Waals surface area (Å²) in [6, 6.07) is 3.87. The van der Waals surface area contributed by atoms with E-state index < -0.39 is 6.09 Å². The van der Waals surface area contributed by atoms with Gasteiger partial charge in [0.1, 0.15) is 5.82 Å². The molecule has 0 bridgehead atoms. The SMILES string of the molecule is CNC(=O)COC(=O)N1CCN(c2ccc(Br)cn2)CC1. The van der Waals surface area contributed by atoms with Gasteiger partial charge < -0.3 is 19.9 Å². The van der Waals surface area contributed by atoms with Gasteiger partial charge in [0.15, 0.2) is 6.61 Å². The quantitative estimate of drug-likeness (QED) is 0.868. The molecule has 2 rings (SSSR count). The molecule has 2 heterocycles. The summed E-state index contributed by atoms with van der Waals surface area (Å²) in [5.74, 6) is 0.567. The van der Waals surface area contributed by atoms with E-state index in [2.05, 4.69) is 31.1 Å². The Morgan fingerprint density at radius 2 is 2.05 bits per heavy atom. The van der Waals surface area contributed by atoms with Gasteiger partial charge in [0.25, 0.3) is 5.91 Å². The van der Waals surface area contributed by atoms with Crippen molar-refractivity contribution < 1.29 is 14.3 Å². The molecule has 114 valence electrons. The van der Waals surface area contributed by atoms with Gasteiger partial charge in [-0.3, -0.25) is 4.79 Å². The van der Waals surface area contributed by atoms with Crippen LogP contribution >= 0.6 is 15.9 Å². The molecule has 0 radical (unpaired) electrons. The first-order chi connectivity index (χ1) is 10.1. The molecule has 1 N–H and O–H groups in total. The largest absolute Gasteiger partial charge is 0.439 e. The maximum absolute atomic E-state index is 11.8. The summed E-state index contributed by atoms with van der Waals surface area (Å²) in [6.07, 6.45) is 1.29. The molecule has 0 aliphatic carbocycles. The van der Waals surface area contributed by atoms with Crippen LogP contribution in [0.25, 0.3) is 0 Å². The Hall–Kier alpha value is -1.83. The van der Waals surface area contributed by atoms with E-state index in [1.807, 2.05) is 12.1 Å². The van der Waals surface area contributed by atoms with Gasteiger partial charge in [-0.2, -0.15) is 0 Å². The van der Waals surface area contributed by atoms with Crippen LogP contribution in [0, 0.1) is 0 Å². The fraction of sp³-hybridized carbons (Fsp3) is 0.462. The van der Waals surface area contributed by atoms with Crippen molar-refractivity contribution in [2.75, 3.05) is 44.7 Å². The summed E-state index contributed by atoms with van der Waals surface area (Å²) < 4.78 is 5.86. The van der Waals surface area contributed by atoms with Crippen LogP contribution in [-0.4, -0.2) is 61.7 Å². The number of nitrogens with zero attached hydrogens (tertiary/aromatic N) is 3. The maximum Gasteiger partial charge on any atom is 0.410 e. The molecule has 0 saturated carbocycles. The van der Waals surface area contributed by atoms with Crippen LogP contribution in [0.4, 0.5) is 10.6 Å². The highest BCUT2D eigenvalue weighted by Crippen LogP contribution is 2.16. The van der Waals surface area contributed by atoms with Crippen molar-refractivity contribution in [2.45, 2.75) is 0 Å². The molecular formula is C13H17BrN4O3. The standard InChI is InChI=1S/C13H17BrN4O3/c1-15-12(19)9-21-13(20)18-6-4-17(5-7-18)11-3-2-10(14)8-16-11/h2-3,8H,4-7,9H2,1H3,(H,15,19). The number of aromatic nitrogens is 1. The fourth-order valence-electron chi connectivity index (χ4n) is 1.96. The summed E-state index contributed by atoms with van der Waals surface area (Å²) in [7, 11) is 1.50. The second kappa shape index (κ2) is 7.26. The van der Waals surface area contributed by atoms with Crippen molar-refractivity contribution in [3.8, 4) is 0 Å². The first-order valence-electron chi connectivity index (χ1n) is 6.59. The summed E-state index contributed by atoms with van der Waals surface area (Å²) in [5, 5.41) is 2.40. The van der Waals surface area contributed by atoms with Gasteiger partial charge in [0.2, 0.25) is 0 Å². The Labute approximate surface area is 131 Å². The van der Waals surface area contributed by atoms with E-state index in [0.29, 0.717) is 26.2 Å². The zero-order chi connectivity index (χ0) is 15.2. The number of halogens is 1. The number of carbonyl (C=O) groups excluding carboxylic acids is 2. The molecule has 1 saturated heterocycles. The summed E-state index contributed by atoms with van der Waals surface area (Å²) in [5.41, 5.74) is 0. The highest BCUT2D eigenvalue weighted by Gasteiger charge is 2.23. The first-order valence-corrected chi connectivity index (χ1v) is 7.38. The molecule has 0 unspecified atom stereocenters. The van der Waals surface area contributed by atoms with E-state index in [9.17, 15) is 9.59 Å². The van der Waals surface area contributed by atoms with E-state index in [1.54, 1.807) is 11.1 Å². The molecule has 0 spiro atoms. The van der Waals surface area contributed by atoms with Crippen molar-refractivity contribution in [3.05, 3.63) is 22.8 Å². The minimum Gasteiger partial charge on any atom is -0.439 e. The minimum absolute atomic E-state index is 0.246. The molecular weight excluding hydrogens is 340 g/mol. The molecule has 1 aliphatic heterocycles. The van der Waals surface area contributed by atoms with Crippen molar-refractivity contribution in [1.29, 1.82) is 0 Å². The molecule has 2 amide bonds. The Morgan fingerprint density at radius 3 is 2.62 bits per heavy atom. The smallest absolute Gasteiger partial charge is 0.410 e. The molecule has 1 aromatic rings. The van der Waals surface area contributed by atoms with Gasteiger partial charge in [0.05, 0.1) is 0 Å². The number of amides is 2. The molecule has 21 heavy (non-hydrogen) atoms. The zero-order valence-corrected chi connectivity index (χ0v) is 13.3. The van der Waals surface area contributed by atoms with Crippen molar-refractivity contribution in [3.63, 3.8) is 0 Å². The highest BCUT2D eigenvalue weighted by molar-refractivity contribution is 9.10. The van der Waals surface area contributed by atoms with Crippen LogP contribution in [0.3, 0.4) is 0 Å². The van der Waals surface area contributed by atoms with Crippen molar-refractivity contribution in [2.24, 2.45) is 0 Å². The number of rotatable bonds is 3. The Kier molecular flexibility index (Phi) is 5.38. The summed E-state index contributed by atoms with van der Waals surface area (Å²) >= 11 is 3.35.